The summed E-state index contributed by atoms with van der Waals surface area (Å²) in [5.74, 6) is -0.314. The highest BCUT2D eigenvalue weighted by Crippen LogP contribution is 2.16. The SMILES string of the molecule is CC(N)C1CN(Cc2cc(F)ccc2C#N)CCO1. The minimum Gasteiger partial charge on any atom is -0.374 e. The molecule has 0 amide bonds. The minimum atomic E-state index is -0.314. The molecule has 2 atom stereocenters. The Balaban J connectivity index is 2.09. The fraction of sp³-hybridized carbons (Fsp3) is 0.500. The maximum Gasteiger partial charge on any atom is 0.123 e. The Morgan fingerprint density at radius 1 is 1.63 bits per heavy atom. The molecule has 2 N–H and O–H groups in total. The van der Waals surface area contributed by atoms with E-state index in [-0.39, 0.29) is 18.0 Å². The van der Waals surface area contributed by atoms with Crippen LogP contribution >= 0.6 is 0 Å². The number of rotatable bonds is 3. The summed E-state index contributed by atoms with van der Waals surface area (Å²) in [6, 6.07) is 6.32. The molecule has 0 aromatic heterocycles. The Bertz CT molecular complexity index is 484. The molecular weight excluding hydrogens is 245 g/mol. The van der Waals surface area contributed by atoms with Gasteiger partial charge in [0.25, 0.3) is 0 Å². The molecule has 2 unspecified atom stereocenters. The van der Waals surface area contributed by atoms with Crippen LogP contribution in [0.2, 0.25) is 0 Å². The van der Waals surface area contributed by atoms with E-state index in [1.165, 1.54) is 18.2 Å². The molecule has 0 radical (unpaired) electrons. The number of nitrogens with two attached hydrogens (primary N) is 1. The number of morpholine rings is 1. The molecule has 1 fully saturated rings. The lowest BCUT2D eigenvalue weighted by atomic mass is 10.1. The zero-order chi connectivity index (χ0) is 13.8. The number of hydrogen-bond acceptors (Lipinski definition) is 4. The molecule has 0 saturated carbocycles. The van der Waals surface area contributed by atoms with Crippen LogP contribution in [0.25, 0.3) is 0 Å². The third-order valence-corrected chi connectivity index (χ3v) is 3.35. The van der Waals surface area contributed by atoms with Crippen molar-refractivity contribution in [1.82, 2.24) is 4.90 Å². The number of hydrogen-bond donors (Lipinski definition) is 1. The number of nitrogens with zero attached hydrogens (tertiary/aromatic N) is 2. The van der Waals surface area contributed by atoms with Gasteiger partial charge in [-0.2, -0.15) is 5.26 Å². The molecule has 1 aliphatic rings. The van der Waals surface area contributed by atoms with E-state index >= 15 is 0 Å². The standard InChI is InChI=1S/C14H18FN3O/c1-10(17)14-9-18(4-5-19-14)8-12-6-13(15)3-2-11(12)7-16/h2-3,6,10,14H,4-5,8-9,17H2,1H3. The summed E-state index contributed by atoms with van der Waals surface area (Å²) in [5, 5.41) is 9.04. The summed E-state index contributed by atoms with van der Waals surface area (Å²) in [7, 11) is 0. The van der Waals surface area contributed by atoms with Gasteiger partial charge < -0.3 is 10.5 Å². The summed E-state index contributed by atoms with van der Waals surface area (Å²) >= 11 is 0. The number of nitriles is 1. The molecule has 102 valence electrons. The highest BCUT2D eigenvalue weighted by Gasteiger charge is 2.23. The van der Waals surface area contributed by atoms with Crippen molar-refractivity contribution < 1.29 is 9.13 Å². The molecule has 1 aromatic carbocycles. The summed E-state index contributed by atoms with van der Waals surface area (Å²) in [6.07, 6.45) is -0.00663. The lowest BCUT2D eigenvalue weighted by Crippen LogP contribution is -2.49. The summed E-state index contributed by atoms with van der Waals surface area (Å²) in [6.45, 7) is 4.55. The van der Waals surface area contributed by atoms with Crippen molar-refractivity contribution in [2.75, 3.05) is 19.7 Å². The van der Waals surface area contributed by atoms with Crippen molar-refractivity contribution in [3.63, 3.8) is 0 Å². The summed E-state index contributed by atoms with van der Waals surface area (Å²) < 4.78 is 18.9. The normalized spacial score (nSPS) is 21.9. The van der Waals surface area contributed by atoms with Gasteiger partial charge in [-0.3, -0.25) is 4.90 Å². The Hall–Kier alpha value is -1.48. The van der Waals surface area contributed by atoms with Crippen LogP contribution < -0.4 is 5.73 Å². The molecule has 19 heavy (non-hydrogen) atoms. The second kappa shape index (κ2) is 6.11. The van der Waals surface area contributed by atoms with Gasteiger partial charge in [-0.15, -0.1) is 0 Å². The second-order valence-electron chi connectivity index (χ2n) is 4.92. The van der Waals surface area contributed by atoms with Crippen molar-refractivity contribution in [3.8, 4) is 6.07 Å². The van der Waals surface area contributed by atoms with Gasteiger partial charge in [0.2, 0.25) is 0 Å². The van der Waals surface area contributed by atoms with Gasteiger partial charge in [0.1, 0.15) is 5.82 Å². The quantitative estimate of drug-likeness (QED) is 0.891. The van der Waals surface area contributed by atoms with Crippen molar-refractivity contribution in [3.05, 3.63) is 35.1 Å². The van der Waals surface area contributed by atoms with Gasteiger partial charge in [0.05, 0.1) is 24.3 Å². The first-order valence-electron chi connectivity index (χ1n) is 6.38. The topological polar surface area (TPSA) is 62.3 Å². The average molecular weight is 263 g/mol. The fourth-order valence-corrected chi connectivity index (χ4v) is 2.24. The lowest BCUT2D eigenvalue weighted by molar-refractivity contribution is -0.0403. The first kappa shape index (κ1) is 13.9. The maximum absolute atomic E-state index is 13.3. The van der Waals surface area contributed by atoms with Crippen LogP contribution in [0.5, 0.6) is 0 Å². The van der Waals surface area contributed by atoms with E-state index in [1.54, 1.807) is 0 Å². The predicted molar refractivity (Wildman–Crippen MR) is 69.8 cm³/mol. The van der Waals surface area contributed by atoms with Crippen molar-refractivity contribution in [2.24, 2.45) is 5.73 Å². The van der Waals surface area contributed by atoms with Gasteiger partial charge in [0, 0.05) is 25.7 Å². The first-order chi connectivity index (χ1) is 9.10. The van der Waals surface area contributed by atoms with Crippen LogP contribution in [0.4, 0.5) is 4.39 Å². The van der Waals surface area contributed by atoms with Crippen molar-refractivity contribution >= 4 is 0 Å². The molecule has 1 saturated heterocycles. The third-order valence-electron chi connectivity index (χ3n) is 3.35. The Morgan fingerprint density at radius 2 is 2.42 bits per heavy atom. The van der Waals surface area contributed by atoms with Crippen LogP contribution in [0.15, 0.2) is 18.2 Å². The number of benzene rings is 1. The number of halogens is 1. The Kier molecular flexibility index (Phi) is 4.48. The lowest BCUT2D eigenvalue weighted by Gasteiger charge is -2.34. The highest BCUT2D eigenvalue weighted by atomic mass is 19.1. The highest BCUT2D eigenvalue weighted by molar-refractivity contribution is 5.37. The fourth-order valence-electron chi connectivity index (χ4n) is 2.24. The smallest absolute Gasteiger partial charge is 0.123 e. The van der Waals surface area contributed by atoms with Crippen molar-refractivity contribution in [1.29, 1.82) is 5.26 Å². The van der Waals surface area contributed by atoms with E-state index in [0.717, 1.165) is 6.54 Å². The van der Waals surface area contributed by atoms with Crippen LogP contribution in [0, 0.1) is 17.1 Å². The zero-order valence-corrected chi connectivity index (χ0v) is 11.0. The van der Waals surface area contributed by atoms with E-state index in [9.17, 15) is 4.39 Å². The minimum absolute atomic E-state index is 0.00663. The Morgan fingerprint density at radius 3 is 3.11 bits per heavy atom. The van der Waals surface area contributed by atoms with Gasteiger partial charge in [0.15, 0.2) is 0 Å². The molecule has 1 aromatic rings. The molecule has 0 bridgehead atoms. The molecule has 2 rings (SSSR count). The van der Waals surface area contributed by atoms with E-state index in [2.05, 4.69) is 11.0 Å². The van der Waals surface area contributed by atoms with Crippen LogP contribution in [-0.2, 0) is 11.3 Å². The average Bonchev–Trinajstić information content (AvgIpc) is 2.39. The summed E-state index contributed by atoms with van der Waals surface area (Å²) in [4.78, 5) is 2.15. The van der Waals surface area contributed by atoms with E-state index < -0.39 is 0 Å². The molecule has 1 aliphatic heterocycles. The van der Waals surface area contributed by atoms with Gasteiger partial charge in [-0.25, -0.2) is 4.39 Å². The van der Waals surface area contributed by atoms with Gasteiger partial charge in [-0.1, -0.05) is 0 Å². The Labute approximate surface area is 112 Å². The van der Waals surface area contributed by atoms with Crippen LogP contribution in [0.1, 0.15) is 18.1 Å². The third kappa shape index (κ3) is 3.51. The molecular formula is C14H18FN3O. The zero-order valence-electron chi connectivity index (χ0n) is 11.0. The first-order valence-corrected chi connectivity index (χ1v) is 6.38. The van der Waals surface area contributed by atoms with Crippen LogP contribution in [0.3, 0.4) is 0 Å². The van der Waals surface area contributed by atoms with Crippen molar-refractivity contribution in [2.45, 2.75) is 25.6 Å². The predicted octanol–water partition coefficient (Wildman–Crippen LogP) is 1.25. The molecule has 1 heterocycles. The number of ether oxygens (including phenoxy) is 1. The molecule has 0 aliphatic carbocycles. The van der Waals surface area contributed by atoms with E-state index in [4.69, 9.17) is 15.7 Å². The van der Waals surface area contributed by atoms with Crippen LogP contribution in [-0.4, -0.2) is 36.7 Å². The monoisotopic (exact) mass is 263 g/mol. The summed E-state index contributed by atoms with van der Waals surface area (Å²) in [5.41, 5.74) is 7.07. The van der Waals surface area contributed by atoms with Gasteiger partial charge in [-0.05, 0) is 30.7 Å². The molecule has 0 spiro atoms. The largest absolute Gasteiger partial charge is 0.374 e. The maximum atomic E-state index is 13.3. The van der Waals surface area contributed by atoms with E-state index in [1.807, 2.05) is 6.92 Å². The van der Waals surface area contributed by atoms with E-state index in [0.29, 0.717) is 30.8 Å². The second-order valence-corrected chi connectivity index (χ2v) is 4.92. The molecule has 4 nitrogen and oxygen atoms in total. The molecule has 5 heteroatoms. The van der Waals surface area contributed by atoms with Gasteiger partial charge >= 0.3 is 0 Å².